The molecule has 1 aromatic heterocycles. The van der Waals surface area contributed by atoms with Gasteiger partial charge < -0.3 is 5.32 Å². The molecule has 1 aliphatic carbocycles. The zero-order valence-corrected chi connectivity index (χ0v) is 13.0. The first-order valence-corrected chi connectivity index (χ1v) is 8.27. The second-order valence-electron chi connectivity index (χ2n) is 5.18. The van der Waals surface area contributed by atoms with Crippen LogP contribution in [0, 0.1) is 0 Å². The maximum atomic E-state index is 12.3. The van der Waals surface area contributed by atoms with Crippen molar-refractivity contribution in [2.24, 2.45) is 0 Å². The van der Waals surface area contributed by atoms with Crippen LogP contribution in [0.25, 0.3) is 6.08 Å². The van der Waals surface area contributed by atoms with E-state index < -0.39 is 0 Å². The van der Waals surface area contributed by atoms with Gasteiger partial charge in [0.1, 0.15) is 5.70 Å². The molecule has 0 aromatic carbocycles. The van der Waals surface area contributed by atoms with E-state index in [1.54, 1.807) is 16.2 Å². The van der Waals surface area contributed by atoms with Crippen molar-refractivity contribution < 1.29 is 4.79 Å². The molecule has 3 rings (SSSR count). The molecule has 1 saturated carbocycles. The zero-order chi connectivity index (χ0) is 14.1. The fraction of sp³-hybridized carbons (Fsp3) is 0.500. The number of amides is 1. The van der Waals surface area contributed by atoms with Crippen molar-refractivity contribution in [2.45, 2.75) is 38.5 Å². The average Bonchev–Trinajstić information content (AvgIpc) is 3.12. The molecule has 4 nitrogen and oxygen atoms in total. The highest BCUT2D eigenvalue weighted by atomic mass is 32.1. The van der Waals surface area contributed by atoms with Crippen molar-refractivity contribution in [3.8, 4) is 0 Å². The van der Waals surface area contributed by atoms with Gasteiger partial charge in [-0.05, 0) is 37.6 Å². The Kier molecular flexibility index (Phi) is 3.85. The quantitative estimate of drug-likeness (QED) is 0.671. The summed E-state index contributed by atoms with van der Waals surface area (Å²) in [5, 5.41) is 6.70. The molecule has 106 valence electrons. The van der Waals surface area contributed by atoms with E-state index in [1.165, 1.54) is 17.8 Å². The van der Waals surface area contributed by atoms with Crippen LogP contribution in [0.2, 0.25) is 0 Å². The summed E-state index contributed by atoms with van der Waals surface area (Å²) in [6.45, 7) is 2.78. The lowest BCUT2D eigenvalue weighted by Crippen LogP contribution is -2.31. The van der Waals surface area contributed by atoms with Gasteiger partial charge >= 0.3 is 0 Å². The van der Waals surface area contributed by atoms with Crippen molar-refractivity contribution in [2.75, 3.05) is 6.54 Å². The van der Waals surface area contributed by atoms with Gasteiger partial charge in [0.25, 0.3) is 5.91 Å². The van der Waals surface area contributed by atoms with Crippen LogP contribution in [-0.2, 0) is 4.79 Å². The van der Waals surface area contributed by atoms with Crippen LogP contribution in [0.15, 0.2) is 11.1 Å². The highest BCUT2D eigenvalue weighted by molar-refractivity contribution is 7.80. The molecule has 1 amide bonds. The number of unbranched alkanes of at least 4 members (excludes halogenated alkanes) is 1. The minimum absolute atomic E-state index is 0.0376. The highest BCUT2D eigenvalue weighted by Crippen LogP contribution is 2.41. The molecule has 0 unspecified atom stereocenters. The molecular weight excluding hydrogens is 290 g/mol. The lowest BCUT2D eigenvalue weighted by Gasteiger charge is -2.12. The van der Waals surface area contributed by atoms with E-state index in [1.807, 2.05) is 11.5 Å². The number of carbonyl (C=O) groups is 1. The fourth-order valence-corrected chi connectivity index (χ4v) is 3.36. The minimum atomic E-state index is -0.0376. The Morgan fingerprint density at radius 3 is 3.10 bits per heavy atom. The van der Waals surface area contributed by atoms with Crippen LogP contribution in [-0.4, -0.2) is 27.4 Å². The van der Waals surface area contributed by atoms with E-state index in [9.17, 15) is 4.79 Å². The van der Waals surface area contributed by atoms with Gasteiger partial charge in [-0.2, -0.15) is 0 Å². The standard InChI is InChI=1S/C14H17N3OS2/c1-2-3-6-17-13(18)11(16-14(17)19)7-10-8-20-12(15-10)9-4-5-9/h7-9H,2-6H2,1H3,(H,16,19)/b11-7-. The van der Waals surface area contributed by atoms with E-state index in [4.69, 9.17) is 12.2 Å². The lowest BCUT2D eigenvalue weighted by atomic mass is 10.3. The second-order valence-corrected chi connectivity index (χ2v) is 6.46. The monoisotopic (exact) mass is 307 g/mol. The van der Waals surface area contributed by atoms with Crippen molar-refractivity contribution in [3.63, 3.8) is 0 Å². The molecule has 6 heteroatoms. The number of rotatable bonds is 5. The third kappa shape index (κ3) is 2.76. The summed E-state index contributed by atoms with van der Waals surface area (Å²) in [5.41, 5.74) is 1.40. The van der Waals surface area contributed by atoms with Gasteiger partial charge in [0, 0.05) is 17.8 Å². The van der Waals surface area contributed by atoms with Gasteiger partial charge in [-0.3, -0.25) is 9.69 Å². The number of carbonyl (C=O) groups excluding carboxylic acids is 1. The summed E-state index contributed by atoms with van der Waals surface area (Å²) in [4.78, 5) is 18.5. The lowest BCUT2D eigenvalue weighted by molar-refractivity contribution is -0.122. The number of nitrogens with one attached hydrogen (secondary N) is 1. The molecule has 1 saturated heterocycles. The van der Waals surface area contributed by atoms with E-state index in [-0.39, 0.29) is 5.91 Å². The first kappa shape index (κ1) is 13.7. The number of thiocarbonyl (C=S) groups is 1. The van der Waals surface area contributed by atoms with Crippen LogP contribution >= 0.6 is 23.6 Å². The van der Waals surface area contributed by atoms with E-state index in [2.05, 4.69) is 17.2 Å². The molecular formula is C14H17N3OS2. The number of hydrogen-bond donors (Lipinski definition) is 1. The third-order valence-electron chi connectivity index (χ3n) is 3.46. The van der Waals surface area contributed by atoms with Gasteiger partial charge in [-0.15, -0.1) is 11.3 Å². The summed E-state index contributed by atoms with van der Waals surface area (Å²) < 4.78 is 0. The molecule has 0 spiro atoms. The van der Waals surface area contributed by atoms with Crippen LogP contribution in [0.3, 0.4) is 0 Å². The molecule has 0 radical (unpaired) electrons. The van der Waals surface area contributed by atoms with E-state index in [0.717, 1.165) is 18.5 Å². The van der Waals surface area contributed by atoms with Crippen LogP contribution in [0.1, 0.15) is 49.2 Å². The molecule has 2 aliphatic rings. The van der Waals surface area contributed by atoms with Gasteiger partial charge in [0.15, 0.2) is 5.11 Å². The van der Waals surface area contributed by atoms with Crippen molar-refractivity contribution in [1.29, 1.82) is 0 Å². The Morgan fingerprint density at radius 1 is 1.60 bits per heavy atom. The van der Waals surface area contributed by atoms with Crippen LogP contribution in [0.4, 0.5) is 0 Å². The Hall–Kier alpha value is -1.27. The predicted octanol–water partition coefficient (Wildman–Crippen LogP) is 2.88. The van der Waals surface area contributed by atoms with Gasteiger partial charge in [0.2, 0.25) is 0 Å². The maximum absolute atomic E-state index is 12.3. The molecule has 2 fully saturated rings. The van der Waals surface area contributed by atoms with Crippen molar-refractivity contribution in [3.05, 3.63) is 21.8 Å². The molecule has 1 aliphatic heterocycles. The Bertz CT molecular complexity index is 575. The summed E-state index contributed by atoms with van der Waals surface area (Å²) >= 11 is 6.90. The second kappa shape index (κ2) is 5.61. The normalized spacial score (nSPS) is 20.9. The zero-order valence-electron chi connectivity index (χ0n) is 11.4. The fourth-order valence-electron chi connectivity index (χ4n) is 2.12. The molecule has 20 heavy (non-hydrogen) atoms. The number of thiazole rings is 1. The predicted molar refractivity (Wildman–Crippen MR) is 84.4 cm³/mol. The SMILES string of the molecule is CCCCN1C(=O)/C(=C/c2csc(C3CC3)n2)NC1=S. The van der Waals surface area contributed by atoms with Gasteiger partial charge in [-0.1, -0.05) is 13.3 Å². The number of nitrogens with zero attached hydrogens (tertiary/aromatic N) is 2. The summed E-state index contributed by atoms with van der Waals surface area (Å²) in [6, 6.07) is 0. The summed E-state index contributed by atoms with van der Waals surface area (Å²) in [5.74, 6) is 0.617. The summed E-state index contributed by atoms with van der Waals surface area (Å²) in [7, 11) is 0. The number of aromatic nitrogens is 1. The van der Waals surface area contributed by atoms with Crippen LogP contribution < -0.4 is 5.32 Å². The van der Waals surface area contributed by atoms with E-state index >= 15 is 0 Å². The first-order valence-electron chi connectivity index (χ1n) is 6.99. The first-order chi connectivity index (χ1) is 9.69. The van der Waals surface area contributed by atoms with Gasteiger partial charge in [0.05, 0.1) is 10.7 Å². The van der Waals surface area contributed by atoms with E-state index in [0.29, 0.717) is 23.3 Å². The minimum Gasteiger partial charge on any atom is -0.328 e. The highest BCUT2D eigenvalue weighted by Gasteiger charge is 2.30. The summed E-state index contributed by atoms with van der Waals surface area (Å²) in [6.07, 6.45) is 6.31. The Labute approximate surface area is 127 Å². The molecule has 0 bridgehead atoms. The maximum Gasteiger partial charge on any atom is 0.276 e. The molecule has 1 N–H and O–H groups in total. The molecule has 0 atom stereocenters. The smallest absolute Gasteiger partial charge is 0.276 e. The van der Waals surface area contributed by atoms with Crippen LogP contribution in [0.5, 0.6) is 0 Å². The Balaban J connectivity index is 1.74. The largest absolute Gasteiger partial charge is 0.328 e. The number of hydrogen-bond acceptors (Lipinski definition) is 4. The van der Waals surface area contributed by atoms with Gasteiger partial charge in [-0.25, -0.2) is 4.98 Å². The average molecular weight is 307 g/mol. The third-order valence-corrected chi connectivity index (χ3v) is 4.80. The Morgan fingerprint density at radius 2 is 2.40 bits per heavy atom. The molecule has 1 aromatic rings. The van der Waals surface area contributed by atoms with Crippen molar-refractivity contribution in [1.82, 2.24) is 15.2 Å². The topological polar surface area (TPSA) is 45.2 Å². The van der Waals surface area contributed by atoms with Crippen molar-refractivity contribution >= 4 is 40.7 Å². The molecule has 2 heterocycles.